The Balaban J connectivity index is 2.29. The molecule has 1 aliphatic heterocycles. The number of allylic oxidation sites excluding steroid dienone is 1. The zero-order valence-electron chi connectivity index (χ0n) is 11.5. The molecule has 0 aromatic carbocycles. The van der Waals surface area contributed by atoms with Crippen molar-refractivity contribution in [2.24, 2.45) is 0 Å². The molecule has 0 bridgehead atoms. The fourth-order valence-electron chi connectivity index (χ4n) is 2.07. The van der Waals surface area contributed by atoms with Crippen molar-refractivity contribution in [1.29, 1.82) is 0 Å². The quantitative estimate of drug-likeness (QED) is 0.783. The highest BCUT2D eigenvalue weighted by molar-refractivity contribution is 6.07. The van der Waals surface area contributed by atoms with Gasteiger partial charge in [0.25, 0.3) is 5.91 Å². The second kappa shape index (κ2) is 4.53. The van der Waals surface area contributed by atoms with Crippen LogP contribution in [0.4, 0.5) is 4.79 Å². The number of urea groups is 1. The van der Waals surface area contributed by atoms with Crippen LogP contribution in [0.2, 0.25) is 0 Å². The first kappa shape index (κ1) is 13.3. The zero-order valence-corrected chi connectivity index (χ0v) is 11.5. The van der Waals surface area contributed by atoms with Crippen molar-refractivity contribution < 1.29 is 14.1 Å². The molecule has 2 heterocycles. The molecule has 1 aliphatic rings. The third kappa shape index (κ3) is 2.14. The maximum Gasteiger partial charge on any atom is 0.332 e. The van der Waals surface area contributed by atoms with E-state index in [-0.39, 0.29) is 18.5 Å². The summed E-state index contributed by atoms with van der Waals surface area (Å²) in [5.41, 5.74) is -0.252. The first-order valence-corrected chi connectivity index (χ1v) is 6.08. The van der Waals surface area contributed by atoms with Crippen molar-refractivity contribution in [1.82, 2.24) is 15.0 Å². The van der Waals surface area contributed by atoms with E-state index in [2.05, 4.69) is 5.16 Å². The van der Waals surface area contributed by atoms with Gasteiger partial charge in [-0.1, -0.05) is 11.2 Å². The maximum atomic E-state index is 12.3. The molecule has 1 saturated heterocycles. The molecule has 102 valence electrons. The molecule has 0 aliphatic carbocycles. The lowest BCUT2D eigenvalue weighted by Gasteiger charge is -2.26. The van der Waals surface area contributed by atoms with E-state index in [1.807, 2.05) is 0 Å². The van der Waals surface area contributed by atoms with Crippen LogP contribution >= 0.6 is 0 Å². The number of rotatable bonds is 3. The Morgan fingerprint density at radius 2 is 2.11 bits per heavy atom. The van der Waals surface area contributed by atoms with Gasteiger partial charge in [-0.15, -0.1) is 0 Å². The van der Waals surface area contributed by atoms with Crippen LogP contribution in [0.25, 0.3) is 0 Å². The molecule has 3 amide bonds. The fourth-order valence-corrected chi connectivity index (χ4v) is 2.07. The topological polar surface area (TPSA) is 66.7 Å². The first-order chi connectivity index (χ1) is 8.87. The summed E-state index contributed by atoms with van der Waals surface area (Å²) < 4.78 is 4.98. The van der Waals surface area contributed by atoms with Crippen molar-refractivity contribution in [3.63, 3.8) is 0 Å². The number of aryl methyl sites for hydroxylation is 1. The number of carbonyl (C=O) groups is 2. The van der Waals surface area contributed by atoms with Gasteiger partial charge in [0, 0.05) is 12.3 Å². The minimum Gasteiger partial charge on any atom is -0.361 e. The van der Waals surface area contributed by atoms with Gasteiger partial charge < -0.3 is 9.42 Å². The number of nitrogens with zero attached hydrogens (tertiary/aromatic N) is 3. The van der Waals surface area contributed by atoms with E-state index in [4.69, 9.17) is 4.52 Å². The lowest BCUT2D eigenvalue weighted by molar-refractivity contribution is -0.130. The van der Waals surface area contributed by atoms with Crippen LogP contribution in [0.3, 0.4) is 0 Å². The maximum absolute atomic E-state index is 12.3. The summed E-state index contributed by atoms with van der Waals surface area (Å²) in [6.07, 6.45) is 3.15. The molecular weight excluding hydrogens is 246 g/mol. The Morgan fingerprint density at radius 1 is 1.42 bits per heavy atom. The molecule has 1 fully saturated rings. The van der Waals surface area contributed by atoms with Crippen molar-refractivity contribution >= 4 is 11.9 Å². The third-order valence-electron chi connectivity index (χ3n) is 3.15. The average molecular weight is 263 g/mol. The highest BCUT2D eigenvalue weighted by atomic mass is 16.5. The van der Waals surface area contributed by atoms with Crippen LogP contribution in [-0.2, 0) is 11.3 Å². The Hall–Kier alpha value is -2.11. The van der Waals surface area contributed by atoms with E-state index in [1.54, 1.807) is 39.8 Å². The van der Waals surface area contributed by atoms with Gasteiger partial charge in [-0.2, -0.15) is 0 Å². The Kier molecular flexibility index (Phi) is 3.18. The second-order valence-corrected chi connectivity index (χ2v) is 5.01. The summed E-state index contributed by atoms with van der Waals surface area (Å²) in [6.45, 7) is 7.25. The van der Waals surface area contributed by atoms with Gasteiger partial charge in [0.2, 0.25) is 0 Å². The predicted molar refractivity (Wildman–Crippen MR) is 67.9 cm³/mol. The summed E-state index contributed by atoms with van der Waals surface area (Å²) in [5, 5.41) is 3.86. The summed E-state index contributed by atoms with van der Waals surface area (Å²) in [5.74, 6) is 0.437. The minimum absolute atomic E-state index is 0.240. The van der Waals surface area contributed by atoms with E-state index in [9.17, 15) is 9.59 Å². The molecule has 6 nitrogen and oxygen atoms in total. The van der Waals surface area contributed by atoms with Crippen LogP contribution in [0.15, 0.2) is 22.9 Å². The second-order valence-electron chi connectivity index (χ2n) is 5.01. The van der Waals surface area contributed by atoms with E-state index in [0.29, 0.717) is 11.5 Å². The molecule has 0 spiro atoms. The van der Waals surface area contributed by atoms with Gasteiger partial charge in [0.15, 0.2) is 0 Å². The number of carbonyl (C=O) groups excluding carboxylic acids is 2. The van der Waals surface area contributed by atoms with Gasteiger partial charge >= 0.3 is 6.03 Å². The van der Waals surface area contributed by atoms with Gasteiger partial charge in [-0.25, -0.2) is 9.69 Å². The number of amides is 3. The van der Waals surface area contributed by atoms with Crippen LogP contribution in [0.1, 0.15) is 32.2 Å². The summed E-state index contributed by atoms with van der Waals surface area (Å²) in [6, 6.07) is 1.42. The van der Waals surface area contributed by atoms with Crippen molar-refractivity contribution in [3.05, 3.63) is 29.8 Å². The number of hydrogen-bond donors (Lipinski definition) is 0. The van der Waals surface area contributed by atoms with Crippen LogP contribution in [0, 0.1) is 6.92 Å². The molecule has 0 radical (unpaired) electrons. The summed E-state index contributed by atoms with van der Waals surface area (Å²) in [4.78, 5) is 27.1. The smallest absolute Gasteiger partial charge is 0.332 e. The van der Waals surface area contributed by atoms with E-state index in [0.717, 1.165) is 4.90 Å². The standard InChI is InChI=1S/C13H17N3O3/c1-5-6-15-11(17)13(3,4)16(12(15)18)8-10-7-9(2)19-14-10/h5-7H,8H2,1-4H3/b6-5+. The minimum atomic E-state index is -0.885. The third-order valence-corrected chi connectivity index (χ3v) is 3.15. The molecule has 0 unspecified atom stereocenters. The Morgan fingerprint density at radius 3 is 2.63 bits per heavy atom. The molecule has 0 saturated carbocycles. The van der Waals surface area contributed by atoms with E-state index in [1.165, 1.54) is 11.1 Å². The monoisotopic (exact) mass is 263 g/mol. The number of imide groups is 1. The molecule has 6 heteroatoms. The Labute approximate surface area is 111 Å². The molecule has 1 aromatic heterocycles. The van der Waals surface area contributed by atoms with E-state index < -0.39 is 5.54 Å². The van der Waals surface area contributed by atoms with Gasteiger partial charge in [0.05, 0.1) is 6.54 Å². The molecule has 19 heavy (non-hydrogen) atoms. The molecule has 2 rings (SSSR count). The van der Waals surface area contributed by atoms with Gasteiger partial charge in [-0.3, -0.25) is 4.79 Å². The number of hydrogen-bond acceptors (Lipinski definition) is 4. The largest absolute Gasteiger partial charge is 0.361 e. The highest BCUT2D eigenvalue weighted by Gasteiger charge is 2.50. The SMILES string of the molecule is C/C=C/N1C(=O)N(Cc2cc(C)on2)C(C)(C)C1=O. The number of aromatic nitrogens is 1. The summed E-state index contributed by atoms with van der Waals surface area (Å²) >= 11 is 0. The van der Waals surface area contributed by atoms with Crippen LogP contribution < -0.4 is 0 Å². The van der Waals surface area contributed by atoms with Crippen molar-refractivity contribution in [3.8, 4) is 0 Å². The molecular formula is C13H17N3O3. The van der Waals surface area contributed by atoms with Crippen LogP contribution in [0.5, 0.6) is 0 Å². The lowest BCUT2D eigenvalue weighted by atomic mass is 10.0. The molecule has 1 aromatic rings. The van der Waals surface area contributed by atoms with E-state index >= 15 is 0 Å². The Bertz CT molecular complexity index is 545. The first-order valence-electron chi connectivity index (χ1n) is 6.08. The lowest BCUT2D eigenvalue weighted by Crippen LogP contribution is -2.43. The molecule has 0 atom stereocenters. The average Bonchev–Trinajstić information content (AvgIpc) is 2.82. The molecule has 0 N–H and O–H groups in total. The highest BCUT2D eigenvalue weighted by Crippen LogP contribution is 2.29. The fraction of sp³-hybridized carbons (Fsp3) is 0.462. The van der Waals surface area contributed by atoms with Crippen molar-refractivity contribution in [2.75, 3.05) is 0 Å². The van der Waals surface area contributed by atoms with Crippen LogP contribution in [-0.4, -0.2) is 32.4 Å². The zero-order chi connectivity index (χ0) is 14.2. The van der Waals surface area contributed by atoms with Gasteiger partial charge in [-0.05, 0) is 27.7 Å². The summed E-state index contributed by atoms with van der Waals surface area (Å²) in [7, 11) is 0. The van der Waals surface area contributed by atoms with Gasteiger partial charge in [0.1, 0.15) is 17.0 Å². The van der Waals surface area contributed by atoms with Crippen molar-refractivity contribution in [2.45, 2.75) is 39.8 Å². The predicted octanol–water partition coefficient (Wildman–Crippen LogP) is 2.06. The normalized spacial score (nSPS) is 18.9.